The number of hydrogen-bond acceptors (Lipinski definition) is 5. The molecule has 256 valence electrons. The van der Waals surface area contributed by atoms with Crippen molar-refractivity contribution in [1.82, 2.24) is 10.2 Å². The summed E-state index contributed by atoms with van der Waals surface area (Å²) in [6.07, 6.45) is 13.3. The molecule has 6 rings (SSSR count). The van der Waals surface area contributed by atoms with Crippen LogP contribution in [0.25, 0.3) is 5.57 Å². The molecule has 1 heterocycles. The van der Waals surface area contributed by atoms with Crippen molar-refractivity contribution in [3.8, 4) is 0 Å². The average molecular weight is 651 g/mol. The predicted octanol–water partition coefficient (Wildman–Crippen LogP) is 8.94. The normalized spacial score (nSPS) is 41.2. The Kier molecular flexibility index (Phi) is 8.73. The van der Waals surface area contributed by atoms with E-state index in [9.17, 15) is 9.59 Å². The third-order valence-corrected chi connectivity index (χ3v) is 16.6. The third kappa shape index (κ3) is 4.83. The zero-order valence-electron chi connectivity index (χ0n) is 30.6. The average Bonchev–Trinajstić information content (AvgIpc) is 3.63. The van der Waals surface area contributed by atoms with E-state index in [0.717, 1.165) is 32.4 Å². The van der Waals surface area contributed by atoms with Gasteiger partial charge in [0.15, 0.2) is 0 Å². The van der Waals surface area contributed by atoms with Gasteiger partial charge in [0, 0.05) is 18.0 Å². The first-order valence-electron chi connectivity index (χ1n) is 18.4. The number of esters is 1. The minimum Gasteiger partial charge on any atom is -0.465 e. The van der Waals surface area contributed by atoms with E-state index in [-0.39, 0.29) is 33.0 Å². The fourth-order valence-corrected chi connectivity index (χ4v) is 14.2. The number of thiophene rings is 1. The first-order valence-corrected chi connectivity index (χ1v) is 19.2. The molecule has 1 amide bonds. The molecule has 0 aromatic carbocycles. The second-order valence-corrected chi connectivity index (χ2v) is 19.1. The topological polar surface area (TPSA) is 58.6 Å². The molecule has 6 heteroatoms. The highest BCUT2D eigenvalue weighted by atomic mass is 32.1. The number of methoxy groups -OCH3 is 1. The van der Waals surface area contributed by atoms with E-state index in [2.05, 4.69) is 84.9 Å². The lowest BCUT2D eigenvalue weighted by Gasteiger charge is -2.72. The highest BCUT2D eigenvalue weighted by molar-refractivity contribution is 7.15. The Bertz CT molecular complexity index is 1380. The summed E-state index contributed by atoms with van der Waals surface area (Å²) in [4.78, 5) is 30.6. The molecule has 0 saturated heterocycles. The van der Waals surface area contributed by atoms with Gasteiger partial charge < -0.3 is 15.0 Å². The van der Waals surface area contributed by atoms with E-state index in [4.69, 9.17) is 4.74 Å². The van der Waals surface area contributed by atoms with Gasteiger partial charge in [-0.2, -0.15) is 0 Å². The summed E-state index contributed by atoms with van der Waals surface area (Å²) in [7, 11) is 5.64. The molecule has 1 aromatic rings. The van der Waals surface area contributed by atoms with Crippen LogP contribution in [0.5, 0.6) is 0 Å². The van der Waals surface area contributed by atoms with Crippen LogP contribution in [0.4, 0.5) is 0 Å². The summed E-state index contributed by atoms with van der Waals surface area (Å²) in [5.74, 6) is 3.75. The minimum absolute atomic E-state index is 0.0326. The molecule has 0 unspecified atom stereocenters. The number of likely N-dealkylation sites (N-methyl/N-ethyl adjacent to an activating group) is 1. The number of ether oxygens (including phenoxy) is 1. The summed E-state index contributed by atoms with van der Waals surface area (Å²) in [6.45, 7) is 19.5. The Morgan fingerprint density at radius 3 is 2.37 bits per heavy atom. The molecule has 4 saturated carbocycles. The molecule has 0 aliphatic heterocycles. The second kappa shape index (κ2) is 11.7. The summed E-state index contributed by atoms with van der Waals surface area (Å²) >= 11 is 1.59. The third-order valence-electron chi connectivity index (χ3n) is 15.5. The molecular formula is C40H62N2O3S. The highest BCUT2D eigenvalue weighted by Gasteiger charge is 2.71. The van der Waals surface area contributed by atoms with Crippen molar-refractivity contribution in [3.63, 3.8) is 0 Å². The van der Waals surface area contributed by atoms with Gasteiger partial charge in [0.05, 0.1) is 12.5 Å². The maximum Gasteiger partial charge on any atom is 0.348 e. The molecule has 5 nitrogen and oxygen atoms in total. The van der Waals surface area contributed by atoms with Crippen molar-refractivity contribution in [3.05, 3.63) is 28.0 Å². The molecule has 46 heavy (non-hydrogen) atoms. The maximum absolute atomic E-state index is 14.2. The molecule has 1 aromatic heterocycles. The van der Waals surface area contributed by atoms with Crippen molar-refractivity contribution in [2.24, 2.45) is 62.6 Å². The van der Waals surface area contributed by atoms with Gasteiger partial charge in [-0.05, 0) is 147 Å². The van der Waals surface area contributed by atoms with Gasteiger partial charge in [-0.1, -0.05) is 54.5 Å². The number of rotatable bonds is 7. The molecule has 4 fully saturated rings. The monoisotopic (exact) mass is 650 g/mol. The summed E-state index contributed by atoms with van der Waals surface area (Å²) in [5, 5.41) is 3.45. The van der Waals surface area contributed by atoms with E-state index in [0.29, 0.717) is 46.3 Å². The van der Waals surface area contributed by atoms with Crippen LogP contribution in [-0.2, 0) is 9.53 Å². The first kappa shape index (κ1) is 34.2. The largest absolute Gasteiger partial charge is 0.465 e. The Balaban J connectivity index is 1.32. The van der Waals surface area contributed by atoms with Crippen molar-refractivity contribution in [2.45, 2.75) is 106 Å². The molecule has 0 spiro atoms. The van der Waals surface area contributed by atoms with Crippen molar-refractivity contribution in [2.75, 3.05) is 34.3 Å². The lowest BCUT2D eigenvalue weighted by atomic mass is 9.32. The Morgan fingerprint density at radius 1 is 0.957 bits per heavy atom. The van der Waals surface area contributed by atoms with E-state index >= 15 is 0 Å². The van der Waals surface area contributed by atoms with Gasteiger partial charge in [0.1, 0.15) is 4.88 Å². The fraction of sp³-hybridized carbons (Fsp3) is 0.800. The number of allylic oxidation sites excluding steroid dienone is 2. The van der Waals surface area contributed by atoms with Crippen LogP contribution < -0.4 is 5.32 Å². The number of fused-ring (bicyclic) bond motifs is 7. The molecule has 5 aliphatic rings. The predicted molar refractivity (Wildman–Crippen MR) is 190 cm³/mol. The molecule has 0 radical (unpaired) electrons. The smallest absolute Gasteiger partial charge is 0.348 e. The molecule has 1 N–H and O–H groups in total. The van der Waals surface area contributed by atoms with E-state index in [1.54, 1.807) is 11.3 Å². The van der Waals surface area contributed by atoms with Crippen LogP contribution >= 0.6 is 11.3 Å². The number of nitrogens with one attached hydrogen (secondary N) is 1. The summed E-state index contributed by atoms with van der Waals surface area (Å²) in [5.41, 5.74) is 2.01. The standard InChI is InChI=1S/C40H62N2O3S/c1-25(2)26-15-20-40(35(44)41-23-24-42(8)9)22-21-38(6)28(33(26)40)11-14-32-37(5)18-16-27(29-12-13-30(46-29)34(43)45-10)36(3,4)31(37)17-19-39(32,38)7/h12-13,16,25-26,28,31-33H,11,14-15,17-24H2,1-10H3,(H,41,44)/t26-,28+,31-,32+,33+,37-,38+,39+,40-/m0/s1. The van der Waals surface area contributed by atoms with Gasteiger partial charge in [-0.15, -0.1) is 11.3 Å². The maximum atomic E-state index is 14.2. The van der Waals surface area contributed by atoms with Crippen LogP contribution in [0.1, 0.15) is 121 Å². The number of carbonyl (C=O) groups excluding carboxylic acids is 2. The summed E-state index contributed by atoms with van der Waals surface area (Å²) in [6, 6.07) is 4.08. The van der Waals surface area contributed by atoms with Crippen LogP contribution in [-0.4, -0.2) is 51.1 Å². The number of carbonyl (C=O) groups is 2. The van der Waals surface area contributed by atoms with E-state index in [1.807, 2.05) is 6.07 Å². The molecule has 0 bridgehead atoms. The first-order chi connectivity index (χ1) is 21.6. The van der Waals surface area contributed by atoms with Crippen LogP contribution in [0.3, 0.4) is 0 Å². The lowest BCUT2D eigenvalue weighted by Crippen LogP contribution is -2.66. The number of hydrogen-bond donors (Lipinski definition) is 1. The van der Waals surface area contributed by atoms with Gasteiger partial charge >= 0.3 is 5.97 Å². The second-order valence-electron chi connectivity index (χ2n) is 18.1. The minimum atomic E-state index is -0.238. The number of amides is 1. The SMILES string of the molecule is COC(=O)c1ccc(C2=CC[C@]3(C)[C@H]4CC[C@@H]5[C@H]6[C@H](C(C)C)CC[C@]6(C(=O)NCCN(C)C)CC[C@@]5(C)[C@]4(C)CC[C@H]3C2(C)C)s1. The zero-order valence-corrected chi connectivity index (χ0v) is 31.4. The van der Waals surface area contributed by atoms with Crippen LogP contribution in [0.2, 0.25) is 0 Å². The van der Waals surface area contributed by atoms with Crippen molar-refractivity contribution < 1.29 is 14.3 Å². The fourth-order valence-electron chi connectivity index (χ4n) is 13.1. The van der Waals surface area contributed by atoms with E-state index in [1.165, 1.54) is 56.1 Å². The van der Waals surface area contributed by atoms with Gasteiger partial charge in [0.25, 0.3) is 0 Å². The van der Waals surface area contributed by atoms with Crippen molar-refractivity contribution in [1.29, 1.82) is 0 Å². The van der Waals surface area contributed by atoms with Crippen LogP contribution in [0, 0.1) is 62.6 Å². The quantitative estimate of drug-likeness (QED) is 0.300. The Labute approximate surface area is 283 Å². The number of nitrogens with zero attached hydrogens (tertiary/aromatic N) is 1. The summed E-state index contributed by atoms with van der Waals surface area (Å²) < 4.78 is 5.03. The Morgan fingerprint density at radius 2 is 1.70 bits per heavy atom. The molecule has 5 aliphatic carbocycles. The highest BCUT2D eigenvalue weighted by Crippen LogP contribution is 2.77. The lowest BCUT2D eigenvalue weighted by molar-refractivity contribution is -0.227. The molecule has 9 atom stereocenters. The van der Waals surface area contributed by atoms with Crippen LogP contribution in [0.15, 0.2) is 18.2 Å². The van der Waals surface area contributed by atoms with Gasteiger partial charge in [-0.25, -0.2) is 4.79 Å². The van der Waals surface area contributed by atoms with E-state index < -0.39 is 0 Å². The van der Waals surface area contributed by atoms with Gasteiger partial charge in [-0.3, -0.25) is 4.79 Å². The Hall–Kier alpha value is -1.66. The van der Waals surface area contributed by atoms with Crippen molar-refractivity contribution >= 4 is 28.8 Å². The van der Waals surface area contributed by atoms with Gasteiger partial charge in [0.2, 0.25) is 5.91 Å². The molecular weight excluding hydrogens is 589 g/mol. The zero-order chi connectivity index (χ0) is 33.4.